The van der Waals surface area contributed by atoms with E-state index < -0.39 is 39.2 Å². The quantitative estimate of drug-likeness (QED) is 0.325. The molecule has 3 aliphatic rings. The Morgan fingerprint density at radius 2 is 1.91 bits per heavy atom. The first kappa shape index (κ1) is 25.9. The molecule has 0 bridgehead atoms. The zero-order chi connectivity index (χ0) is 25.4. The van der Waals surface area contributed by atoms with Gasteiger partial charge in [0, 0.05) is 31.6 Å². The highest BCUT2D eigenvalue weighted by atomic mass is 32.2. The van der Waals surface area contributed by atoms with E-state index in [1.165, 1.54) is 23.5 Å². The lowest BCUT2D eigenvalue weighted by Gasteiger charge is -2.42. The van der Waals surface area contributed by atoms with E-state index in [2.05, 4.69) is 4.90 Å². The van der Waals surface area contributed by atoms with Crippen molar-refractivity contribution in [2.45, 2.75) is 55.7 Å². The highest BCUT2D eigenvalue weighted by molar-refractivity contribution is 7.87. The number of benzene rings is 1. The largest absolute Gasteiger partial charge is 0.523 e. The number of hydrogen-bond donors (Lipinski definition) is 0. The fraction of sp³-hybridized carbons (Fsp3) is 0.652. The van der Waals surface area contributed by atoms with Crippen LogP contribution in [0.2, 0.25) is 0 Å². The van der Waals surface area contributed by atoms with Gasteiger partial charge in [-0.3, -0.25) is 8.98 Å². The van der Waals surface area contributed by atoms with E-state index in [-0.39, 0.29) is 36.3 Å². The van der Waals surface area contributed by atoms with Crippen molar-refractivity contribution in [3.8, 4) is 0 Å². The first-order chi connectivity index (χ1) is 16.4. The minimum Gasteiger partial charge on any atom is -0.448 e. The molecule has 1 amide bonds. The number of halogens is 3. The van der Waals surface area contributed by atoms with Gasteiger partial charge in [0.05, 0.1) is 5.56 Å². The molecule has 1 aromatic carbocycles. The van der Waals surface area contributed by atoms with Gasteiger partial charge < -0.3 is 14.5 Å². The highest BCUT2D eigenvalue weighted by Crippen LogP contribution is 2.50. The Morgan fingerprint density at radius 1 is 1.23 bits per heavy atom. The zero-order valence-corrected chi connectivity index (χ0v) is 20.2. The number of nitrogens with zero attached hydrogens (tertiary/aromatic N) is 2. The van der Waals surface area contributed by atoms with Crippen molar-refractivity contribution in [2.24, 2.45) is 5.92 Å². The van der Waals surface area contributed by atoms with E-state index in [0.29, 0.717) is 13.1 Å². The third-order valence-electron chi connectivity index (χ3n) is 7.21. The number of hydrogen-bond acceptors (Lipinski definition) is 7. The van der Waals surface area contributed by atoms with Gasteiger partial charge in [-0.2, -0.15) is 21.6 Å². The van der Waals surface area contributed by atoms with Crippen molar-refractivity contribution in [3.63, 3.8) is 0 Å². The molecular weight excluding hydrogens is 489 g/mol. The molecule has 2 heterocycles. The van der Waals surface area contributed by atoms with Crippen LogP contribution in [0.15, 0.2) is 24.3 Å². The molecule has 12 heteroatoms. The summed E-state index contributed by atoms with van der Waals surface area (Å²) in [7, 11) is -4.37. The number of rotatable bonds is 6. The lowest BCUT2D eigenvalue weighted by molar-refractivity contribution is -0.146. The Labute approximate surface area is 202 Å². The molecule has 1 aliphatic carbocycles. The van der Waals surface area contributed by atoms with Crippen LogP contribution in [0.5, 0.6) is 0 Å². The molecule has 0 N–H and O–H groups in total. The second-order valence-electron chi connectivity index (χ2n) is 9.44. The van der Waals surface area contributed by atoms with Gasteiger partial charge in [-0.25, -0.2) is 4.79 Å². The molecule has 0 radical (unpaired) electrons. The van der Waals surface area contributed by atoms with Gasteiger partial charge in [0.2, 0.25) is 5.91 Å². The fourth-order valence-corrected chi connectivity index (χ4v) is 5.94. The van der Waals surface area contributed by atoms with E-state index in [0.717, 1.165) is 25.9 Å². The molecule has 8 nitrogen and oxygen atoms in total. The Bertz CT molecular complexity index is 1070. The van der Waals surface area contributed by atoms with Crippen LogP contribution in [0, 0.1) is 5.92 Å². The van der Waals surface area contributed by atoms with Crippen molar-refractivity contribution in [1.29, 1.82) is 0 Å². The number of ether oxygens (including phenoxy) is 1. The summed E-state index contributed by atoms with van der Waals surface area (Å²) in [6.45, 7) is 3.06. The number of fused-ring (bicyclic) bond motifs is 2. The molecule has 0 aromatic heterocycles. The molecule has 2 fully saturated rings. The van der Waals surface area contributed by atoms with Crippen LogP contribution in [-0.2, 0) is 29.4 Å². The van der Waals surface area contributed by atoms with Crippen LogP contribution in [-0.4, -0.2) is 74.9 Å². The summed E-state index contributed by atoms with van der Waals surface area (Å²) in [5, 5.41) is 0. The van der Waals surface area contributed by atoms with Gasteiger partial charge >= 0.3 is 21.6 Å². The van der Waals surface area contributed by atoms with Crippen LogP contribution in [0.3, 0.4) is 0 Å². The summed E-state index contributed by atoms with van der Waals surface area (Å²) in [5.74, 6) is -1.83. The van der Waals surface area contributed by atoms with E-state index in [4.69, 9.17) is 8.92 Å². The first-order valence-electron chi connectivity index (χ1n) is 11.7. The summed E-state index contributed by atoms with van der Waals surface area (Å²) in [4.78, 5) is 29.4. The van der Waals surface area contributed by atoms with Crippen LogP contribution in [0.4, 0.5) is 13.2 Å². The number of alkyl halides is 3. The highest BCUT2D eigenvalue weighted by Gasteiger charge is 2.59. The van der Waals surface area contributed by atoms with E-state index in [9.17, 15) is 31.2 Å². The summed E-state index contributed by atoms with van der Waals surface area (Å²) in [6, 6.07) is 6.15. The van der Waals surface area contributed by atoms with Crippen molar-refractivity contribution in [1.82, 2.24) is 9.80 Å². The van der Waals surface area contributed by atoms with Crippen molar-refractivity contribution >= 4 is 22.0 Å². The molecule has 1 spiro atoms. The van der Waals surface area contributed by atoms with Crippen LogP contribution >= 0.6 is 0 Å². The number of esters is 1. The van der Waals surface area contributed by atoms with Gasteiger partial charge in [-0.15, -0.1) is 0 Å². The topological polar surface area (TPSA) is 93.2 Å². The molecular formula is C23H29F3N2O6S. The van der Waals surface area contributed by atoms with Gasteiger partial charge in [0.15, 0.2) is 5.60 Å². The zero-order valence-electron chi connectivity index (χ0n) is 19.4. The molecule has 1 saturated carbocycles. The number of carbonyl (C=O) groups is 2. The Morgan fingerprint density at radius 3 is 2.60 bits per heavy atom. The van der Waals surface area contributed by atoms with E-state index in [1.54, 1.807) is 19.2 Å². The molecule has 2 aliphatic heterocycles. The van der Waals surface area contributed by atoms with Gasteiger partial charge in [-0.1, -0.05) is 24.6 Å². The van der Waals surface area contributed by atoms with Gasteiger partial charge in [-0.05, 0) is 51.3 Å². The monoisotopic (exact) mass is 518 g/mol. The lowest BCUT2D eigenvalue weighted by atomic mass is 9.72. The standard InChI is InChI=1S/C23H29F3N2O6S/c1-27(13-14-28-11-5-2-6-12-28)20(29)16-9-10-22(18-8-4-3-7-17(18)21(30)33-22)19(15-16)34-35(31,32)23(24,25)26/h3-4,7-8,16,19H,2,5-6,9-15H2,1H3/t16?,19-,22+/m1/s1. The van der Waals surface area contributed by atoms with Gasteiger partial charge in [0.1, 0.15) is 6.10 Å². The number of amides is 1. The predicted octanol–water partition coefficient (Wildman–Crippen LogP) is 3.03. The van der Waals surface area contributed by atoms with Crippen LogP contribution in [0.1, 0.15) is 54.4 Å². The Kier molecular flexibility index (Phi) is 7.18. The third kappa shape index (κ3) is 5.05. The average molecular weight is 519 g/mol. The molecule has 3 atom stereocenters. The predicted molar refractivity (Wildman–Crippen MR) is 119 cm³/mol. The summed E-state index contributed by atoms with van der Waals surface area (Å²) in [6.07, 6.45) is 1.55. The van der Waals surface area contributed by atoms with Crippen LogP contribution in [0.25, 0.3) is 0 Å². The number of carbonyl (C=O) groups excluding carboxylic acids is 2. The van der Waals surface area contributed by atoms with Crippen molar-refractivity contribution in [3.05, 3.63) is 35.4 Å². The summed E-state index contributed by atoms with van der Waals surface area (Å²) in [5.41, 5.74) is -6.95. The molecule has 1 saturated heterocycles. The Balaban J connectivity index is 1.55. The maximum atomic E-state index is 13.2. The molecule has 35 heavy (non-hydrogen) atoms. The van der Waals surface area contributed by atoms with E-state index >= 15 is 0 Å². The molecule has 4 rings (SSSR count). The van der Waals surface area contributed by atoms with Crippen molar-refractivity contribution in [2.75, 3.05) is 33.2 Å². The van der Waals surface area contributed by atoms with Crippen molar-refractivity contribution < 1.29 is 40.1 Å². The summed E-state index contributed by atoms with van der Waals surface area (Å²) >= 11 is 0. The SMILES string of the molecule is CN(CCN1CCCCC1)C(=O)C1CC[C@@]2(OC(=O)c3ccccc32)[C@H](OS(=O)(=O)C(F)(F)F)C1. The smallest absolute Gasteiger partial charge is 0.448 e. The number of piperidine rings is 1. The lowest BCUT2D eigenvalue weighted by Crippen LogP contribution is -2.51. The normalized spacial score (nSPS) is 27.5. The maximum Gasteiger partial charge on any atom is 0.523 e. The number of likely N-dealkylation sites (tertiary alicyclic amines) is 1. The first-order valence-corrected chi connectivity index (χ1v) is 13.2. The number of likely N-dealkylation sites (N-methyl/N-ethyl adjacent to an activating group) is 1. The third-order valence-corrected chi connectivity index (χ3v) is 8.27. The molecule has 1 unspecified atom stereocenters. The fourth-order valence-electron chi connectivity index (χ4n) is 5.29. The minimum atomic E-state index is -6.00. The van der Waals surface area contributed by atoms with E-state index in [1.807, 2.05) is 0 Å². The second kappa shape index (κ2) is 9.70. The van der Waals surface area contributed by atoms with Gasteiger partial charge in [0.25, 0.3) is 0 Å². The average Bonchev–Trinajstić information content (AvgIpc) is 3.10. The Hall–Kier alpha value is -2.18. The van der Waals surface area contributed by atoms with Crippen LogP contribution < -0.4 is 0 Å². The minimum absolute atomic E-state index is 0.0375. The second-order valence-corrected chi connectivity index (χ2v) is 11.0. The maximum absolute atomic E-state index is 13.2. The summed E-state index contributed by atoms with van der Waals surface area (Å²) < 4.78 is 73.7. The molecule has 194 valence electrons. The molecule has 1 aromatic rings.